The number of halogens is 1. The largest absolute Gasteiger partial charge is 0.364 e. The van der Waals surface area contributed by atoms with Crippen molar-refractivity contribution in [3.05, 3.63) is 17.5 Å². The lowest BCUT2D eigenvalue weighted by Crippen LogP contribution is -2.62. The number of hydrogen-bond acceptors (Lipinski definition) is 3. The molecule has 0 aliphatic carbocycles. The minimum Gasteiger partial charge on any atom is -0.364 e. The fourth-order valence-electron chi connectivity index (χ4n) is 2.42. The molecule has 1 aromatic rings. The Bertz CT molecular complexity index is 386. The summed E-state index contributed by atoms with van der Waals surface area (Å²) in [5, 5.41) is 7.46. The molecule has 1 fully saturated rings. The lowest BCUT2D eigenvalue weighted by Gasteiger charge is -2.47. The van der Waals surface area contributed by atoms with Gasteiger partial charge >= 0.3 is 0 Å². The molecule has 1 atom stereocenters. The molecule has 3 heterocycles. The Morgan fingerprint density at radius 3 is 3.13 bits per heavy atom. The molecule has 0 aromatic carbocycles. The highest BCUT2D eigenvalue weighted by Crippen LogP contribution is 2.38. The summed E-state index contributed by atoms with van der Waals surface area (Å²) in [6, 6.07) is -0.250. The van der Waals surface area contributed by atoms with Gasteiger partial charge in [-0.05, 0) is 12.5 Å². The Labute approximate surface area is 87.4 Å². The Kier molecular flexibility index (Phi) is 1.87. The number of nitrogens with one attached hydrogen (secondary N) is 1. The van der Waals surface area contributed by atoms with Gasteiger partial charge < -0.3 is 10.1 Å². The average Bonchev–Trinajstić information content (AvgIpc) is 2.58. The second kappa shape index (κ2) is 3.02. The Morgan fingerprint density at radius 2 is 2.53 bits per heavy atom. The van der Waals surface area contributed by atoms with Crippen LogP contribution in [0.5, 0.6) is 0 Å². The van der Waals surface area contributed by atoms with E-state index in [2.05, 4.69) is 10.4 Å². The summed E-state index contributed by atoms with van der Waals surface area (Å²) in [4.78, 5) is 0. The second-order valence-electron chi connectivity index (χ2n) is 4.34. The van der Waals surface area contributed by atoms with Gasteiger partial charge in [0.2, 0.25) is 0 Å². The van der Waals surface area contributed by atoms with Crippen molar-refractivity contribution in [2.75, 3.05) is 26.4 Å². The van der Waals surface area contributed by atoms with Crippen LogP contribution in [0.4, 0.5) is 4.39 Å². The fraction of sp³-hybridized carbons (Fsp3) is 0.700. The van der Waals surface area contributed by atoms with Crippen LogP contribution < -0.4 is 5.32 Å². The zero-order valence-electron chi connectivity index (χ0n) is 8.66. The molecule has 3 rings (SSSR count). The van der Waals surface area contributed by atoms with Gasteiger partial charge in [-0.15, -0.1) is 0 Å². The van der Waals surface area contributed by atoms with Crippen molar-refractivity contribution < 1.29 is 9.13 Å². The van der Waals surface area contributed by atoms with E-state index in [9.17, 15) is 4.39 Å². The van der Waals surface area contributed by atoms with Gasteiger partial charge in [-0.2, -0.15) is 5.10 Å². The van der Waals surface area contributed by atoms with Crippen molar-refractivity contribution in [1.82, 2.24) is 15.1 Å². The van der Waals surface area contributed by atoms with Crippen LogP contribution >= 0.6 is 0 Å². The zero-order chi connectivity index (χ0) is 10.5. The predicted molar refractivity (Wildman–Crippen MR) is 52.5 cm³/mol. The lowest BCUT2D eigenvalue weighted by atomic mass is 9.88. The molecule has 4 nitrogen and oxygen atoms in total. The molecule has 5 heteroatoms. The topological polar surface area (TPSA) is 39.1 Å². The molecule has 1 spiro atoms. The van der Waals surface area contributed by atoms with Gasteiger partial charge in [0.25, 0.3) is 0 Å². The zero-order valence-corrected chi connectivity index (χ0v) is 8.66. The number of aromatic nitrogens is 2. The van der Waals surface area contributed by atoms with Crippen molar-refractivity contribution in [1.29, 1.82) is 0 Å². The minimum absolute atomic E-state index is 0.244. The first kappa shape index (κ1) is 9.30. The molecule has 1 unspecified atom stereocenters. The van der Waals surface area contributed by atoms with Gasteiger partial charge in [0.15, 0.2) is 0 Å². The van der Waals surface area contributed by atoms with E-state index in [1.165, 1.54) is 0 Å². The molecule has 1 N–H and O–H groups in total. The third kappa shape index (κ3) is 1.10. The van der Waals surface area contributed by atoms with Crippen molar-refractivity contribution in [3.63, 3.8) is 0 Å². The van der Waals surface area contributed by atoms with E-state index in [0.29, 0.717) is 6.61 Å². The third-order valence-corrected chi connectivity index (χ3v) is 3.31. The van der Waals surface area contributed by atoms with Gasteiger partial charge in [0, 0.05) is 13.1 Å². The summed E-state index contributed by atoms with van der Waals surface area (Å²) in [5.41, 5.74) is 1.90. The molecule has 0 radical (unpaired) electrons. The first-order chi connectivity index (χ1) is 7.27. The van der Waals surface area contributed by atoms with Gasteiger partial charge in [-0.1, -0.05) is 0 Å². The highest BCUT2D eigenvalue weighted by molar-refractivity contribution is 5.29. The third-order valence-electron chi connectivity index (χ3n) is 3.31. The average molecular weight is 211 g/mol. The van der Waals surface area contributed by atoms with Gasteiger partial charge in [-0.3, -0.25) is 4.68 Å². The molecule has 82 valence electrons. The van der Waals surface area contributed by atoms with Crippen molar-refractivity contribution in [2.24, 2.45) is 0 Å². The first-order valence-electron chi connectivity index (χ1n) is 5.22. The summed E-state index contributed by atoms with van der Waals surface area (Å²) in [6.45, 7) is 3.61. The summed E-state index contributed by atoms with van der Waals surface area (Å²) < 4.78 is 20.4. The highest BCUT2D eigenvalue weighted by Gasteiger charge is 2.47. The number of aryl methyl sites for hydroxylation is 1. The number of rotatable bonds is 1. The number of hydrogen-bond donors (Lipinski definition) is 1. The van der Waals surface area contributed by atoms with Gasteiger partial charge in [0.05, 0.1) is 18.5 Å². The summed E-state index contributed by atoms with van der Waals surface area (Å²) >= 11 is 0. The molecule has 1 saturated heterocycles. The molecule has 1 aromatic heterocycles. The van der Waals surface area contributed by atoms with E-state index < -0.39 is 6.67 Å². The smallest absolute Gasteiger partial charge is 0.135 e. The summed E-state index contributed by atoms with van der Waals surface area (Å²) in [6.07, 6.45) is 1.80. The van der Waals surface area contributed by atoms with E-state index in [-0.39, 0.29) is 11.6 Å². The molecule has 0 bridgehead atoms. The Morgan fingerprint density at radius 1 is 1.73 bits per heavy atom. The van der Waals surface area contributed by atoms with Crippen molar-refractivity contribution in [2.45, 2.75) is 18.6 Å². The number of nitrogens with zero attached hydrogens (tertiary/aromatic N) is 2. The van der Waals surface area contributed by atoms with Crippen LogP contribution in [0.25, 0.3) is 0 Å². The standard InChI is InChI=1S/C10H14FN3O/c1-7-3-13-14-8(2-11)4-15-10(9(7)14)5-12-6-10/h3,8,12H,2,4-6H2,1H3. The molecule has 15 heavy (non-hydrogen) atoms. The van der Waals surface area contributed by atoms with Crippen LogP contribution in [-0.2, 0) is 10.3 Å². The van der Waals surface area contributed by atoms with Crippen LogP contribution in [0, 0.1) is 6.92 Å². The van der Waals surface area contributed by atoms with E-state index in [1.54, 1.807) is 10.9 Å². The molecular formula is C10H14FN3O. The second-order valence-corrected chi connectivity index (χ2v) is 4.34. The maximum Gasteiger partial charge on any atom is 0.135 e. The fourth-order valence-corrected chi connectivity index (χ4v) is 2.42. The normalized spacial score (nSPS) is 27.5. The summed E-state index contributed by atoms with van der Waals surface area (Å²) in [5.74, 6) is 0. The van der Waals surface area contributed by atoms with Crippen LogP contribution in [0.2, 0.25) is 0 Å². The quantitative estimate of drug-likeness (QED) is 0.736. The van der Waals surface area contributed by atoms with Crippen LogP contribution in [-0.4, -0.2) is 36.2 Å². The van der Waals surface area contributed by atoms with Crippen molar-refractivity contribution >= 4 is 0 Å². The van der Waals surface area contributed by atoms with Crippen LogP contribution in [0.1, 0.15) is 17.3 Å². The SMILES string of the molecule is Cc1cnn2c1C1(CNC1)OCC2CF. The Hall–Kier alpha value is -0.940. The maximum absolute atomic E-state index is 12.8. The van der Waals surface area contributed by atoms with Gasteiger partial charge in [-0.25, -0.2) is 4.39 Å². The molecule has 2 aliphatic rings. The lowest BCUT2D eigenvalue weighted by molar-refractivity contribution is -0.127. The molecule has 2 aliphatic heterocycles. The molecular weight excluding hydrogens is 197 g/mol. The summed E-state index contributed by atoms with van der Waals surface area (Å²) in [7, 11) is 0. The van der Waals surface area contributed by atoms with Crippen LogP contribution in [0.3, 0.4) is 0 Å². The van der Waals surface area contributed by atoms with E-state index in [4.69, 9.17) is 4.74 Å². The number of fused-ring (bicyclic) bond motifs is 2. The first-order valence-corrected chi connectivity index (χ1v) is 5.22. The molecule has 0 saturated carbocycles. The predicted octanol–water partition coefficient (Wildman–Crippen LogP) is 0.531. The van der Waals surface area contributed by atoms with Crippen LogP contribution in [0.15, 0.2) is 6.20 Å². The Balaban J connectivity index is 2.09. The van der Waals surface area contributed by atoms with E-state index in [1.807, 2.05) is 6.92 Å². The van der Waals surface area contributed by atoms with E-state index >= 15 is 0 Å². The number of alkyl halides is 1. The minimum atomic E-state index is -0.419. The van der Waals surface area contributed by atoms with Crippen molar-refractivity contribution in [3.8, 4) is 0 Å². The monoisotopic (exact) mass is 211 g/mol. The van der Waals surface area contributed by atoms with Gasteiger partial charge in [0.1, 0.15) is 18.3 Å². The maximum atomic E-state index is 12.8. The van der Waals surface area contributed by atoms with E-state index in [0.717, 1.165) is 24.3 Å². The number of ether oxygens (including phenoxy) is 1. The highest BCUT2D eigenvalue weighted by atomic mass is 19.1. The molecule has 0 amide bonds.